The van der Waals surface area contributed by atoms with E-state index in [0.717, 1.165) is 11.4 Å². The Morgan fingerprint density at radius 2 is 2.29 bits per heavy atom. The first-order valence-electron chi connectivity index (χ1n) is 5.43. The molecule has 0 unspecified atom stereocenters. The lowest BCUT2D eigenvalue weighted by Crippen LogP contribution is -2.00. The molecular formula is C12H13N3O2. The van der Waals surface area contributed by atoms with Gasteiger partial charge in [-0.1, -0.05) is 0 Å². The lowest BCUT2D eigenvalue weighted by atomic mass is 10.2. The fraction of sp³-hybridized carbons (Fsp3) is 0.250. The number of rotatable bonds is 5. The third-order valence-electron chi connectivity index (χ3n) is 2.37. The normalized spacial score (nSPS) is 10.4. The summed E-state index contributed by atoms with van der Waals surface area (Å²) in [7, 11) is 0. The van der Waals surface area contributed by atoms with Crippen LogP contribution in [0.4, 0.5) is 0 Å². The maximum atomic E-state index is 10.4. The molecule has 2 aromatic heterocycles. The average Bonchev–Trinajstić information content (AvgIpc) is 2.82. The van der Waals surface area contributed by atoms with Gasteiger partial charge in [0.1, 0.15) is 5.82 Å². The standard InChI is InChI=1S/C12H13N3O2/c16-12(17)5-1-4-11-14-8-6-10(15-11)9-3-2-7-13-9/h2-3,6-8,13H,1,4-5H2,(H,16,17). The van der Waals surface area contributed by atoms with E-state index in [1.807, 2.05) is 24.4 Å². The first-order chi connectivity index (χ1) is 8.25. The fourth-order valence-electron chi connectivity index (χ4n) is 1.56. The molecule has 5 nitrogen and oxygen atoms in total. The van der Waals surface area contributed by atoms with Gasteiger partial charge in [-0.05, 0) is 24.6 Å². The molecule has 2 aromatic rings. The van der Waals surface area contributed by atoms with Crippen LogP contribution in [0.2, 0.25) is 0 Å². The van der Waals surface area contributed by atoms with E-state index in [4.69, 9.17) is 5.11 Å². The number of nitrogens with zero attached hydrogens (tertiary/aromatic N) is 2. The number of H-pyrrole nitrogens is 1. The summed E-state index contributed by atoms with van der Waals surface area (Å²) in [6.45, 7) is 0. The predicted octanol–water partition coefficient (Wildman–Crippen LogP) is 1.88. The largest absolute Gasteiger partial charge is 0.481 e. The molecule has 0 saturated heterocycles. The van der Waals surface area contributed by atoms with Crippen LogP contribution in [-0.2, 0) is 11.2 Å². The van der Waals surface area contributed by atoms with Crippen LogP contribution in [0, 0.1) is 0 Å². The molecule has 2 rings (SSSR count). The molecule has 0 aliphatic rings. The van der Waals surface area contributed by atoms with Gasteiger partial charge >= 0.3 is 5.97 Å². The molecule has 88 valence electrons. The van der Waals surface area contributed by atoms with Crippen molar-refractivity contribution in [2.45, 2.75) is 19.3 Å². The number of nitrogens with one attached hydrogen (secondary N) is 1. The number of carboxylic acid groups (broad SMARTS) is 1. The van der Waals surface area contributed by atoms with Crippen molar-refractivity contribution in [1.82, 2.24) is 15.0 Å². The molecule has 0 amide bonds. The van der Waals surface area contributed by atoms with Gasteiger partial charge in [-0.3, -0.25) is 4.79 Å². The van der Waals surface area contributed by atoms with Crippen LogP contribution in [0.1, 0.15) is 18.7 Å². The second-order valence-electron chi connectivity index (χ2n) is 3.69. The highest BCUT2D eigenvalue weighted by Gasteiger charge is 2.04. The minimum absolute atomic E-state index is 0.149. The molecule has 0 radical (unpaired) electrons. The number of aliphatic carboxylic acids is 1. The fourth-order valence-corrected chi connectivity index (χ4v) is 1.56. The van der Waals surface area contributed by atoms with Crippen molar-refractivity contribution in [3.63, 3.8) is 0 Å². The Balaban J connectivity index is 2.04. The SMILES string of the molecule is O=C(O)CCCc1nccc(-c2ccc[nH]2)n1. The van der Waals surface area contributed by atoms with E-state index in [2.05, 4.69) is 15.0 Å². The summed E-state index contributed by atoms with van der Waals surface area (Å²) in [5, 5.41) is 8.55. The van der Waals surface area contributed by atoms with Crippen molar-refractivity contribution in [2.24, 2.45) is 0 Å². The van der Waals surface area contributed by atoms with Gasteiger partial charge in [0.25, 0.3) is 0 Å². The summed E-state index contributed by atoms with van der Waals surface area (Å²) in [4.78, 5) is 22.0. The van der Waals surface area contributed by atoms with E-state index in [0.29, 0.717) is 18.7 Å². The van der Waals surface area contributed by atoms with Crippen LogP contribution in [0.5, 0.6) is 0 Å². The number of carboxylic acids is 1. The molecule has 0 atom stereocenters. The van der Waals surface area contributed by atoms with Crippen LogP contribution < -0.4 is 0 Å². The first kappa shape index (κ1) is 11.3. The quantitative estimate of drug-likeness (QED) is 0.823. The molecule has 0 aromatic carbocycles. The van der Waals surface area contributed by atoms with Crippen LogP contribution >= 0.6 is 0 Å². The van der Waals surface area contributed by atoms with Crippen LogP contribution in [-0.4, -0.2) is 26.0 Å². The van der Waals surface area contributed by atoms with Crippen LogP contribution in [0.15, 0.2) is 30.6 Å². The maximum Gasteiger partial charge on any atom is 0.303 e. The van der Waals surface area contributed by atoms with E-state index < -0.39 is 5.97 Å². The maximum absolute atomic E-state index is 10.4. The van der Waals surface area contributed by atoms with Gasteiger partial charge in [-0.2, -0.15) is 0 Å². The lowest BCUT2D eigenvalue weighted by molar-refractivity contribution is -0.137. The van der Waals surface area contributed by atoms with Crippen molar-refractivity contribution in [2.75, 3.05) is 0 Å². The summed E-state index contributed by atoms with van der Waals surface area (Å²) < 4.78 is 0. The number of aryl methyl sites for hydroxylation is 1. The van der Waals surface area contributed by atoms with Gasteiger partial charge in [-0.25, -0.2) is 9.97 Å². The molecule has 0 saturated carbocycles. The topological polar surface area (TPSA) is 78.9 Å². The second kappa shape index (κ2) is 5.25. The molecule has 0 spiro atoms. The molecule has 0 bridgehead atoms. The number of carbonyl (C=O) groups is 1. The smallest absolute Gasteiger partial charge is 0.303 e. The summed E-state index contributed by atoms with van der Waals surface area (Å²) >= 11 is 0. The van der Waals surface area contributed by atoms with Crippen molar-refractivity contribution >= 4 is 5.97 Å². The highest BCUT2D eigenvalue weighted by molar-refractivity contribution is 5.66. The van der Waals surface area contributed by atoms with Crippen LogP contribution in [0.25, 0.3) is 11.4 Å². The summed E-state index contributed by atoms with van der Waals surface area (Å²) in [5.74, 6) is -0.108. The predicted molar refractivity (Wildman–Crippen MR) is 62.4 cm³/mol. The van der Waals surface area contributed by atoms with E-state index in [-0.39, 0.29) is 6.42 Å². The van der Waals surface area contributed by atoms with Gasteiger partial charge < -0.3 is 10.1 Å². The van der Waals surface area contributed by atoms with Gasteiger partial charge in [0.15, 0.2) is 0 Å². The Hall–Kier alpha value is -2.17. The zero-order valence-corrected chi connectivity index (χ0v) is 9.26. The van der Waals surface area contributed by atoms with Crippen molar-refractivity contribution in [3.8, 4) is 11.4 Å². The zero-order valence-electron chi connectivity index (χ0n) is 9.26. The van der Waals surface area contributed by atoms with Gasteiger partial charge in [-0.15, -0.1) is 0 Å². The first-order valence-corrected chi connectivity index (χ1v) is 5.43. The molecule has 5 heteroatoms. The number of aromatic nitrogens is 3. The summed E-state index contributed by atoms with van der Waals surface area (Å²) in [6, 6.07) is 5.66. The average molecular weight is 231 g/mol. The van der Waals surface area contributed by atoms with Crippen molar-refractivity contribution < 1.29 is 9.90 Å². The van der Waals surface area contributed by atoms with Gasteiger partial charge in [0.2, 0.25) is 0 Å². The third-order valence-corrected chi connectivity index (χ3v) is 2.37. The van der Waals surface area contributed by atoms with Gasteiger partial charge in [0, 0.05) is 25.2 Å². The molecule has 0 aliphatic heterocycles. The Kier molecular flexibility index (Phi) is 3.49. The molecule has 2 N–H and O–H groups in total. The van der Waals surface area contributed by atoms with E-state index in [1.165, 1.54) is 0 Å². The molecule has 17 heavy (non-hydrogen) atoms. The monoisotopic (exact) mass is 231 g/mol. The van der Waals surface area contributed by atoms with Crippen LogP contribution in [0.3, 0.4) is 0 Å². The number of hydrogen-bond acceptors (Lipinski definition) is 3. The van der Waals surface area contributed by atoms with E-state index in [9.17, 15) is 4.79 Å². The zero-order chi connectivity index (χ0) is 12.1. The van der Waals surface area contributed by atoms with Crippen molar-refractivity contribution in [3.05, 3.63) is 36.4 Å². The van der Waals surface area contributed by atoms with E-state index >= 15 is 0 Å². The minimum Gasteiger partial charge on any atom is -0.481 e. The Morgan fingerprint density at radius 3 is 3.00 bits per heavy atom. The molecular weight excluding hydrogens is 218 g/mol. The third kappa shape index (κ3) is 3.14. The Labute approximate surface area is 98.6 Å². The Bertz CT molecular complexity index is 494. The van der Waals surface area contributed by atoms with Gasteiger partial charge in [0.05, 0.1) is 11.4 Å². The van der Waals surface area contributed by atoms with E-state index in [1.54, 1.807) is 6.20 Å². The second-order valence-corrected chi connectivity index (χ2v) is 3.69. The highest BCUT2D eigenvalue weighted by atomic mass is 16.4. The number of hydrogen-bond donors (Lipinski definition) is 2. The molecule has 2 heterocycles. The minimum atomic E-state index is -0.787. The molecule has 0 fully saturated rings. The highest BCUT2D eigenvalue weighted by Crippen LogP contribution is 2.13. The lowest BCUT2D eigenvalue weighted by Gasteiger charge is -2.01. The van der Waals surface area contributed by atoms with Crippen molar-refractivity contribution in [1.29, 1.82) is 0 Å². The molecule has 0 aliphatic carbocycles. The summed E-state index contributed by atoms with van der Waals surface area (Å²) in [5.41, 5.74) is 1.77. The number of aromatic amines is 1. The summed E-state index contributed by atoms with van der Waals surface area (Å²) in [6.07, 6.45) is 4.82. The Morgan fingerprint density at radius 1 is 1.41 bits per heavy atom.